The van der Waals surface area contributed by atoms with Crippen LogP contribution in [-0.4, -0.2) is 24.3 Å². The van der Waals surface area contributed by atoms with Gasteiger partial charge in [-0.2, -0.15) is 0 Å². The van der Waals surface area contributed by atoms with Crippen LogP contribution in [0.5, 0.6) is 0 Å². The van der Waals surface area contributed by atoms with E-state index in [-0.39, 0.29) is 26.4 Å². The van der Waals surface area contributed by atoms with Gasteiger partial charge in [-0.15, -0.1) is 17.0 Å². The van der Waals surface area contributed by atoms with Gasteiger partial charge in [0, 0.05) is 44.7 Å². The number of hydrogen-bond acceptors (Lipinski definition) is 4. The Kier molecular flexibility index (Phi) is 12.4. The highest BCUT2D eigenvalue weighted by atomic mass is 79.9. The second-order valence-electron chi connectivity index (χ2n) is 4.07. The highest BCUT2D eigenvalue weighted by Gasteiger charge is 2.16. The largest absolute Gasteiger partial charge is 0.330 e. The lowest BCUT2D eigenvalue weighted by molar-refractivity contribution is 0.101. The van der Waals surface area contributed by atoms with Crippen molar-refractivity contribution >= 4 is 85.9 Å². The zero-order valence-corrected chi connectivity index (χ0v) is 19.3. The summed E-state index contributed by atoms with van der Waals surface area (Å²) in [5.74, 6) is 0.881. The van der Waals surface area contributed by atoms with Crippen LogP contribution in [0.2, 0.25) is 0 Å². The van der Waals surface area contributed by atoms with Gasteiger partial charge in [-0.1, -0.05) is 58.0 Å². The first-order valence-corrected chi connectivity index (χ1v) is 9.77. The van der Waals surface area contributed by atoms with Gasteiger partial charge in [-0.25, -0.2) is 4.98 Å². The fourth-order valence-corrected chi connectivity index (χ4v) is 2.90. The van der Waals surface area contributed by atoms with Crippen molar-refractivity contribution in [1.82, 2.24) is 9.55 Å². The second-order valence-corrected chi connectivity index (χ2v) is 8.10. The number of ketones is 1. The molecule has 9 heteroatoms. The number of benzene rings is 1. The quantitative estimate of drug-likeness (QED) is 0.191. The molecule has 126 valence electrons. The van der Waals surface area contributed by atoms with Crippen LogP contribution < -0.4 is 0 Å². The van der Waals surface area contributed by atoms with Crippen molar-refractivity contribution in [2.45, 2.75) is 10.8 Å². The number of aryl methyl sites for hydroxylation is 1. The van der Waals surface area contributed by atoms with Gasteiger partial charge in [0.05, 0.1) is 11.7 Å². The first-order chi connectivity index (χ1) is 10.5. The second kappa shape index (κ2) is 12.4. The number of aromatic nitrogens is 2. The molecule has 0 N–H and O–H groups in total. The third-order valence-electron chi connectivity index (χ3n) is 2.51. The van der Waals surface area contributed by atoms with Crippen molar-refractivity contribution in [3.05, 3.63) is 47.9 Å². The van der Waals surface area contributed by atoms with Crippen molar-refractivity contribution in [3.63, 3.8) is 0 Å². The molecule has 0 bridgehead atoms. The number of halogens is 4. The summed E-state index contributed by atoms with van der Waals surface area (Å²) in [7, 11) is 1.84. The normalized spacial score (nSPS) is 9.39. The van der Waals surface area contributed by atoms with Gasteiger partial charge in [-0.3, -0.25) is 9.59 Å². The molecule has 0 aliphatic carbocycles. The van der Waals surface area contributed by atoms with E-state index in [1.54, 1.807) is 22.7 Å². The molecule has 0 atom stereocenters. The molecular formula is C14H14Br4N2O2S. The summed E-state index contributed by atoms with van der Waals surface area (Å²) >= 11 is 9.89. The maximum Gasteiger partial charge on any atom is 0.262 e. The smallest absolute Gasteiger partial charge is 0.262 e. The molecule has 23 heavy (non-hydrogen) atoms. The Labute approximate surface area is 175 Å². The van der Waals surface area contributed by atoms with Gasteiger partial charge < -0.3 is 4.57 Å². The molecule has 0 amide bonds. The lowest BCUT2D eigenvalue weighted by Gasteiger charge is -2.03. The van der Waals surface area contributed by atoms with E-state index in [0.29, 0.717) is 11.0 Å². The van der Waals surface area contributed by atoms with Crippen molar-refractivity contribution in [2.24, 2.45) is 7.05 Å². The van der Waals surface area contributed by atoms with Crippen LogP contribution in [-0.2, 0) is 12.8 Å². The van der Waals surface area contributed by atoms with E-state index in [1.807, 2.05) is 25.2 Å². The summed E-state index contributed by atoms with van der Waals surface area (Å²) in [5, 5.41) is 1.12. The van der Waals surface area contributed by atoms with Gasteiger partial charge in [0.2, 0.25) is 0 Å². The zero-order chi connectivity index (χ0) is 16.5. The third-order valence-corrected chi connectivity index (χ3v) is 4.07. The van der Waals surface area contributed by atoms with Crippen molar-refractivity contribution in [2.75, 3.05) is 5.33 Å². The van der Waals surface area contributed by atoms with E-state index < -0.39 is 0 Å². The number of rotatable bonds is 5. The summed E-state index contributed by atoms with van der Waals surface area (Å²) in [4.78, 5) is 25.4. The fourth-order valence-electron chi connectivity index (χ4n) is 1.62. The zero-order valence-electron chi connectivity index (χ0n) is 12.0. The minimum atomic E-state index is -0.208. The van der Waals surface area contributed by atoms with Crippen LogP contribution in [0.25, 0.3) is 0 Å². The van der Waals surface area contributed by atoms with E-state index in [4.69, 9.17) is 0 Å². The van der Waals surface area contributed by atoms with Crippen LogP contribution >= 0.6 is 76.5 Å². The molecule has 0 aliphatic rings. The minimum Gasteiger partial charge on any atom is -0.330 e. The molecule has 1 aromatic heterocycles. The average molecular weight is 594 g/mol. The molecule has 2 rings (SSSR count). The highest BCUT2D eigenvalue weighted by molar-refractivity contribution is 9.39. The Bertz CT molecular complexity index is 631. The maximum atomic E-state index is 11.8. The van der Waals surface area contributed by atoms with Crippen LogP contribution in [0, 0.1) is 0 Å². The number of hydrogen-bond donors (Lipinski definition) is 0. The molecule has 0 unspecified atom stereocenters. The van der Waals surface area contributed by atoms with Crippen LogP contribution in [0.1, 0.15) is 16.1 Å². The molecule has 0 radical (unpaired) electrons. The maximum absolute atomic E-state index is 11.8. The fraction of sp³-hybridized carbons (Fsp3) is 0.214. The van der Waals surface area contributed by atoms with Crippen molar-refractivity contribution < 1.29 is 9.59 Å². The van der Waals surface area contributed by atoms with Crippen LogP contribution in [0.15, 0.2) is 41.7 Å². The summed E-state index contributed by atoms with van der Waals surface area (Å²) in [6, 6.07) is 10.2. The van der Waals surface area contributed by atoms with E-state index in [2.05, 4.69) is 64.9 Å². The van der Waals surface area contributed by atoms with Crippen molar-refractivity contribution in [3.8, 4) is 0 Å². The first kappa shape index (κ1) is 23.0. The lowest BCUT2D eigenvalue weighted by atomic mass is 10.2. The molecule has 0 spiro atoms. The number of imidazole rings is 1. The van der Waals surface area contributed by atoms with Gasteiger partial charge in [0.25, 0.3) is 3.60 Å². The Hall–Kier alpha value is 0.0400. The molecule has 2 aromatic rings. The number of Topliss-reactive ketones (excluding diaryl/α,β-unsaturated/α-hetero) is 1. The van der Waals surface area contributed by atoms with Crippen LogP contribution in [0.4, 0.5) is 4.79 Å². The molecule has 1 aromatic carbocycles. The number of thioether (sulfide) groups is 1. The summed E-state index contributed by atoms with van der Waals surface area (Å²) in [6.45, 7) is 0. The molecule has 0 saturated heterocycles. The predicted molar refractivity (Wildman–Crippen MR) is 111 cm³/mol. The van der Waals surface area contributed by atoms with E-state index in [1.165, 1.54) is 5.56 Å². The molecule has 1 heterocycles. The monoisotopic (exact) mass is 590 g/mol. The molecular weight excluding hydrogens is 580 g/mol. The Morgan fingerprint density at radius 3 is 2.30 bits per heavy atom. The first-order valence-electron chi connectivity index (χ1n) is 6.07. The Morgan fingerprint density at radius 1 is 1.22 bits per heavy atom. The average Bonchev–Trinajstić information content (AvgIpc) is 2.86. The number of carbonyl (C=O) groups excluding carboxylic acids is 2. The topological polar surface area (TPSA) is 52.0 Å². The van der Waals surface area contributed by atoms with Crippen LogP contribution in [0.3, 0.4) is 0 Å². The number of carbonyl (C=O) groups is 2. The summed E-state index contributed by atoms with van der Waals surface area (Å²) < 4.78 is 1.57. The third kappa shape index (κ3) is 8.62. The SMILES string of the molecule is Br.Cn1cnc(SCc2ccccc2)c1C(=O)CBr.O=C(Br)Br. The molecule has 0 aliphatic heterocycles. The molecule has 0 fully saturated rings. The highest BCUT2D eigenvalue weighted by Crippen LogP contribution is 2.25. The standard InChI is InChI=1S/C13H13BrN2OS.CBr2O.BrH/c1-16-9-15-13(12(16)11(17)7-14)18-8-10-5-3-2-4-6-10;2-1(3)4;/h2-6,9H,7-8H2,1H3;;1H. The van der Waals surface area contributed by atoms with Gasteiger partial charge >= 0.3 is 0 Å². The minimum absolute atomic E-state index is 0. The van der Waals surface area contributed by atoms with E-state index in [9.17, 15) is 9.59 Å². The molecule has 4 nitrogen and oxygen atoms in total. The summed E-state index contributed by atoms with van der Waals surface area (Å²) in [5.41, 5.74) is 1.90. The lowest BCUT2D eigenvalue weighted by Crippen LogP contribution is -2.07. The van der Waals surface area contributed by atoms with E-state index >= 15 is 0 Å². The van der Waals surface area contributed by atoms with Gasteiger partial charge in [0.15, 0.2) is 5.78 Å². The van der Waals surface area contributed by atoms with E-state index in [0.717, 1.165) is 10.8 Å². The summed E-state index contributed by atoms with van der Waals surface area (Å²) in [6.07, 6.45) is 1.68. The van der Waals surface area contributed by atoms with Gasteiger partial charge in [0.1, 0.15) is 10.7 Å². The Morgan fingerprint density at radius 2 is 1.78 bits per heavy atom. The Balaban J connectivity index is 0.000000871. The molecule has 0 saturated carbocycles. The number of alkyl halides is 1. The predicted octanol–water partition coefficient (Wildman–Crippen LogP) is 5.76. The van der Waals surface area contributed by atoms with Crippen molar-refractivity contribution in [1.29, 1.82) is 0 Å². The van der Waals surface area contributed by atoms with Gasteiger partial charge in [-0.05, 0) is 5.56 Å². The number of nitrogens with zero attached hydrogens (tertiary/aromatic N) is 2.